The number of hydrogen-bond acceptors (Lipinski definition) is 2. The summed E-state index contributed by atoms with van der Waals surface area (Å²) in [6.45, 7) is 3.83. The first-order chi connectivity index (χ1) is 9.50. The van der Waals surface area contributed by atoms with Gasteiger partial charge in [-0.25, -0.2) is 4.79 Å². The molecule has 0 radical (unpaired) electrons. The van der Waals surface area contributed by atoms with E-state index in [1.54, 1.807) is 6.07 Å². The van der Waals surface area contributed by atoms with Crippen LogP contribution in [0.4, 0.5) is 0 Å². The first-order valence-corrected chi connectivity index (χ1v) is 7.10. The average molecular weight is 275 g/mol. The van der Waals surface area contributed by atoms with Crippen molar-refractivity contribution in [3.8, 4) is 0 Å². The van der Waals surface area contributed by atoms with Gasteiger partial charge in [0.25, 0.3) is 0 Å². The number of aryl methyl sites for hydroxylation is 1. The first kappa shape index (κ1) is 14.6. The Morgan fingerprint density at radius 1 is 1.25 bits per heavy atom. The van der Waals surface area contributed by atoms with E-state index in [-0.39, 0.29) is 11.8 Å². The Morgan fingerprint density at radius 2 is 1.90 bits per heavy atom. The second kappa shape index (κ2) is 6.07. The summed E-state index contributed by atoms with van der Waals surface area (Å²) in [4.78, 5) is 23.7. The highest BCUT2D eigenvalue weighted by Crippen LogP contribution is 2.27. The molecular weight excluding hydrogens is 254 g/mol. The van der Waals surface area contributed by atoms with Gasteiger partial charge >= 0.3 is 5.97 Å². The van der Waals surface area contributed by atoms with Crippen molar-refractivity contribution < 1.29 is 14.7 Å². The van der Waals surface area contributed by atoms with Gasteiger partial charge in [0, 0.05) is 5.92 Å². The largest absolute Gasteiger partial charge is 0.479 e. The van der Waals surface area contributed by atoms with E-state index in [1.807, 2.05) is 26.0 Å². The maximum atomic E-state index is 12.2. The molecule has 0 saturated heterocycles. The fraction of sp³-hybridized carbons (Fsp3) is 0.500. The molecule has 1 atom stereocenters. The van der Waals surface area contributed by atoms with Crippen molar-refractivity contribution in [1.82, 2.24) is 5.32 Å². The molecule has 1 unspecified atom stereocenters. The Bertz CT molecular complexity index is 518. The molecule has 20 heavy (non-hydrogen) atoms. The number of rotatable bonds is 4. The van der Waals surface area contributed by atoms with Crippen LogP contribution < -0.4 is 5.32 Å². The lowest BCUT2D eigenvalue weighted by Gasteiger charge is -2.20. The minimum atomic E-state index is -1.01. The molecule has 4 nitrogen and oxygen atoms in total. The van der Waals surface area contributed by atoms with Gasteiger partial charge in [0.1, 0.15) is 0 Å². The summed E-state index contributed by atoms with van der Waals surface area (Å²) in [5, 5.41) is 12.1. The summed E-state index contributed by atoms with van der Waals surface area (Å²) in [5.74, 6) is -1.16. The van der Waals surface area contributed by atoms with Crippen LogP contribution in [-0.4, -0.2) is 17.0 Å². The zero-order valence-electron chi connectivity index (χ0n) is 12.0. The Labute approximate surface area is 119 Å². The number of hydrogen-bond donors (Lipinski definition) is 2. The van der Waals surface area contributed by atoms with Crippen molar-refractivity contribution in [3.05, 3.63) is 34.9 Å². The third-order valence-electron chi connectivity index (χ3n) is 4.22. The molecule has 1 fully saturated rings. The van der Waals surface area contributed by atoms with Gasteiger partial charge in [-0.3, -0.25) is 4.79 Å². The fourth-order valence-corrected chi connectivity index (χ4v) is 2.81. The highest BCUT2D eigenvalue weighted by Gasteiger charge is 2.29. The zero-order valence-corrected chi connectivity index (χ0v) is 12.0. The molecule has 0 heterocycles. The second-order valence-electron chi connectivity index (χ2n) is 5.55. The monoisotopic (exact) mass is 275 g/mol. The molecule has 1 aromatic carbocycles. The molecule has 0 aliphatic heterocycles. The van der Waals surface area contributed by atoms with E-state index < -0.39 is 12.0 Å². The van der Waals surface area contributed by atoms with E-state index in [4.69, 9.17) is 0 Å². The molecule has 0 spiro atoms. The SMILES string of the molecule is Cc1cccc(C(NC(=O)C2CCCC2)C(=O)O)c1C. The van der Waals surface area contributed by atoms with Crippen LogP contribution in [-0.2, 0) is 9.59 Å². The number of benzene rings is 1. The van der Waals surface area contributed by atoms with Gasteiger partial charge < -0.3 is 10.4 Å². The van der Waals surface area contributed by atoms with E-state index in [9.17, 15) is 14.7 Å². The maximum absolute atomic E-state index is 12.2. The highest BCUT2D eigenvalue weighted by molar-refractivity contribution is 5.86. The van der Waals surface area contributed by atoms with Gasteiger partial charge in [0.05, 0.1) is 0 Å². The Kier molecular flexibility index (Phi) is 4.42. The molecule has 2 N–H and O–H groups in total. The summed E-state index contributed by atoms with van der Waals surface area (Å²) in [6, 6.07) is 4.59. The maximum Gasteiger partial charge on any atom is 0.330 e. The molecule has 1 saturated carbocycles. The molecule has 1 aromatic rings. The van der Waals surface area contributed by atoms with Gasteiger partial charge in [0.15, 0.2) is 6.04 Å². The summed E-state index contributed by atoms with van der Waals surface area (Å²) >= 11 is 0. The number of carboxylic acids is 1. The highest BCUT2D eigenvalue weighted by atomic mass is 16.4. The third-order valence-corrected chi connectivity index (χ3v) is 4.22. The van der Waals surface area contributed by atoms with Gasteiger partial charge in [-0.2, -0.15) is 0 Å². The Balaban J connectivity index is 2.21. The summed E-state index contributed by atoms with van der Waals surface area (Å²) in [7, 11) is 0. The normalized spacial score (nSPS) is 16.9. The number of carbonyl (C=O) groups excluding carboxylic acids is 1. The summed E-state index contributed by atoms with van der Waals surface area (Å²) < 4.78 is 0. The van der Waals surface area contributed by atoms with Crippen molar-refractivity contribution in [2.24, 2.45) is 5.92 Å². The number of amides is 1. The molecule has 1 amide bonds. The molecule has 1 aliphatic carbocycles. The van der Waals surface area contributed by atoms with Crippen LogP contribution in [0.25, 0.3) is 0 Å². The number of nitrogens with one attached hydrogen (secondary N) is 1. The third kappa shape index (κ3) is 3.00. The van der Waals surface area contributed by atoms with Gasteiger partial charge in [-0.15, -0.1) is 0 Å². The van der Waals surface area contributed by atoms with Crippen LogP contribution in [0.1, 0.15) is 48.4 Å². The van der Waals surface area contributed by atoms with Gasteiger partial charge in [0.2, 0.25) is 5.91 Å². The zero-order chi connectivity index (χ0) is 14.7. The van der Waals surface area contributed by atoms with Crippen LogP contribution in [0.5, 0.6) is 0 Å². The minimum Gasteiger partial charge on any atom is -0.479 e. The molecule has 0 aromatic heterocycles. The molecule has 1 aliphatic rings. The predicted octanol–water partition coefficient (Wildman–Crippen LogP) is 2.74. The fourth-order valence-electron chi connectivity index (χ4n) is 2.81. The number of carboxylic acid groups (broad SMARTS) is 1. The predicted molar refractivity (Wildman–Crippen MR) is 76.4 cm³/mol. The van der Waals surface area contributed by atoms with E-state index in [0.29, 0.717) is 5.56 Å². The standard InChI is InChI=1S/C16H21NO3/c1-10-6-5-9-13(11(10)2)14(16(19)20)17-15(18)12-7-3-4-8-12/h5-6,9,12,14H,3-4,7-8H2,1-2H3,(H,17,18)(H,19,20). The van der Waals surface area contributed by atoms with Gasteiger partial charge in [-0.05, 0) is 43.4 Å². The van der Waals surface area contributed by atoms with Crippen molar-refractivity contribution in [2.45, 2.75) is 45.6 Å². The van der Waals surface area contributed by atoms with Crippen molar-refractivity contribution >= 4 is 11.9 Å². The lowest BCUT2D eigenvalue weighted by Crippen LogP contribution is -2.37. The lowest BCUT2D eigenvalue weighted by molar-refractivity contribution is -0.142. The number of carbonyl (C=O) groups is 2. The Morgan fingerprint density at radius 3 is 2.50 bits per heavy atom. The first-order valence-electron chi connectivity index (χ1n) is 7.10. The summed E-state index contributed by atoms with van der Waals surface area (Å²) in [6.07, 6.45) is 3.84. The lowest BCUT2D eigenvalue weighted by atomic mass is 9.96. The van der Waals surface area contributed by atoms with Crippen molar-refractivity contribution in [1.29, 1.82) is 0 Å². The molecule has 108 valence electrons. The average Bonchev–Trinajstić information content (AvgIpc) is 2.93. The molecule has 2 rings (SSSR count). The smallest absolute Gasteiger partial charge is 0.330 e. The Hall–Kier alpha value is -1.84. The van der Waals surface area contributed by atoms with Crippen LogP contribution in [0.2, 0.25) is 0 Å². The molecule has 0 bridgehead atoms. The van der Waals surface area contributed by atoms with E-state index in [0.717, 1.165) is 36.8 Å². The second-order valence-corrected chi connectivity index (χ2v) is 5.55. The van der Waals surface area contributed by atoms with E-state index >= 15 is 0 Å². The van der Waals surface area contributed by atoms with Crippen molar-refractivity contribution in [3.63, 3.8) is 0 Å². The van der Waals surface area contributed by atoms with Crippen molar-refractivity contribution in [2.75, 3.05) is 0 Å². The number of aliphatic carboxylic acids is 1. The van der Waals surface area contributed by atoms with Crippen LogP contribution >= 0.6 is 0 Å². The van der Waals surface area contributed by atoms with Gasteiger partial charge in [-0.1, -0.05) is 31.0 Å². The minimum absolute atomic E-state index is 0.0260. The quantitative estimate of drug-likeness (QED) is 0.888. The molecule has 4 heteroatoms. The van der Waals surface area contributed by atoms with Crippen LogP contribution in [0.15, 0.2) is 18.2 Å². The summed E-state index contributed by atoms with van der Waals surface area (Å²) in [5.41, 5.74) is 2.62. The topological polar surface area (TPSA) is 66.4 Å². The van der Waals surface area contributed by atoms with Crippen LogP contribution in [0.3, 0.4) is 0 Å². The van der Waals surface area contributed by atoms with Crippen LogP contribution in [0, 0.1) is 19.8 Å². The van der Waals surface area contributed by atoms with E-state index in [1.165, 1.54) is 0 Å². The van der Waals surface area contributed by atoms with E-state index in [2.05, 4.69) is 5.32 Å². The molecular formula is C16H21NO3.